The second-order valence-corrected chi connectivity index (χ2v) is 14.0. The van der Waals surface area contributed by atoms with E-state index < -0.39 is 121 Å². The summed E-state index contributed by atoms with van der Waals surface area (Å²) < 4.78 is 0. The molecular weight excluding hydrogens is 810 g/mol. The molecule has 0 aromatic rings. The fraction of sp³-hybridized carbons (Fsp3) is 0.706. The van der Waals surface area contributed by atoms with Crippen LogP contribution in [-0.2, 0) is 38.4 Å². The summed E-state index contributed by atoms with van der Waals surface area (Å²) in [6.07, 6.45) is -3.13. The number of nitrogens with one attached hydrogen (secondary N) is 6. The fourth-order valence-electron chi connectivity index (χ4n) is 5.32. The van der Waals surface area contributed by atoms with E-state index in [-0.39, 0.29) is 57.2 Å². The Labute approximate surface area is 352 Å². The highest BCUT2D eigenvalue weighted by atomic mass is 16.4. The van der Waals surface area contributed by atoms with Crippen molar-refractivity contribution in [1.29, 1.82) is 0 Å². The Balaban J connectivity index is 6.34. The van der Waals surface area contributed by atoms with Gasteiger partial charge in [0, 0.05) is 19.5 Å². The molecule has 0 fully saturated rings. The van der Waals surface area contributed by atoms with E-state index in [4.69, 9.17) is 40.1 Å². The van der Waals surface area contributed by atoms with Crippen molar-refractivity contribution in [3.05, 3.63) is 0 Å². The second kappa shape index (κ2) is 29.3. The summed E-state index contributed by atoms with van der Waals surface area (Å²) in [7, 11) is 0. The average molecular weight is 876 g/mol. The van der Waals surface area contributed by atoms with Crippen molar-refractivity contribution in [3.8, 4) is 0 Å². The van der Waals surface area contributed by atoms with Gasteiger partial charge >= 0.3 is 5.97 Å². The van der Waals surface area contributed by atoms with Crippen LogP contribution >= 0.6 is 0 Å². The van der Waals surface area contributed by atoms with E-state index in [1.165, 1.54) is 0 Å². The molecule has 0 rings (SSSR count). The van der Waals surface area contributed by atoms with Gasteiger partial charge in [-0.3, -0.25) is 43.5 Å². The monoisotopic (exact) mass is 875 g/mol. The Morgan fingerprint density at radius 3 is 1.39 bits per heavy atom. The van der Waals surface area contributed by atoms with Gasteiger partial charge in [0.05, 0.1) is 24.9 Å². The van der Waals surface area contributed by atoms with Crippen molar-refractivity contribution >= 4 is 59.2 Å². The molecule has 0 unspecified atom stereocenters. The fourth-order valence-corrected chi connectivity index (χ4v) is 5.32. The molecule has 0 aromatic heterocycles. The standard InChI is InChI=1S/C34H65N15O12/c1-16(51)24(48-29(57)21(10-11-23(37)53)45-30(58)22(15-50)47-26(54)18(36)7-5-13-42-33(38)39)31(59)46-20(9-6-14-43-34(40)41)27(55)44-19(8-3-4-12-35)28(56)49-25(17(2)52)32(60)61/h16-22,24-25,50-52H,3-15,35-36H2,1-2H3,(H2,37,53)(H,44,55)(H,45,58)(H,46,59)(H,47,54)(H,48,57)(H,49,56)(H,60,61)(H4,38,39,42)(H4,40,41,43)/t16-,17-,18+,19+,20+,21+,22+,24+,25+/m1/s1. The van der Waals surface area contributed by atoms with Crippen molar-refractivity contribution in [3.63, 3.8) is 0 Å². The summed E-state index contributed by atoms with van der Waals surface area (Å²) in [6, 6.07) is -10.9. The van der Waals surface area contributed by atoms with Gasteiger partial charge in [-0.1, -0.05) is 0 Å². The van der Waals surface area contributed by atoms with Gasteiger partial charge in [-0.2, -0.15) is 0 Å². The quantitative estimate of drug-likeness (QED) is 0.0175. The summed E-state index contributed by atoms with van der Waals surface area (Å²) >= 11 is 0. The lowest BCUT2D eigenvalue weighted by atomic mass is 10.0. The van der Waals surface area contributed by atoms with Gasteiger partial charge in [-0.05, 0) is 71.8 Å². The van der Waals surface area contributed by atoms with E-state index in [0.717, 1.165) is 13.8 Å². The van der Waals surface area contributed by atoms with Gasteiger partial charge in [0.1, 0.15) is 30.2 Å². The summed E-state index contributed by atoms with van der Waals surface area (Å²) in [5.74, 6) is -8.99. The van der Waals surface area contributed by atoms with Gasteiger partial charge in [0.15, 0.2) is 18.0 Å². The minimum atomic E-state index is -1.83. The normalized spacial score (nSPS) is 15.3. The highest BCUT2D eigenvalue weighted by Gasteiger charge is 2.35. The molecule has 0 aromatic carbocycles. The van der Waals surface area contributed by atoms with Crippen LogP contribution in [0.5, 0.6) is 0 Å². The van der Waals surface area contributed by atoms with E-state index in [0.29, 0.717) is 19.3 Å². The Morgan fingerprint density at radius 1 is 0.541 bits per heavy atom. The van der Waals surface area contributed by atoms with Crippen molar-refractivity contribution in [2.24, 2.45) is 50.1 Å². The zero-order valence-electron chi connectivity index (χ0n) is 34.4. The third kappa shape index (κ3) is 22.9. The lowest BCUT2D eigenvalue weighted by Crippen LogP contribution is -2.62. The number of aliphatic carboxylic acids is 1. The number of hydrogen-bond acceptors (Lipinski definition) is 15. The number of carboxylic acid groups (broad SMARTS) is 1. The number of rotatable bonds is 31. The zero-order valence-corrected chi connectivity index (χ0v) is 34.4. The molecule has 0 heterocycles. The van der Waals surface area contributed by atoms with Crippen LogP contribution in [0.25, 0.3) is 0 Å². The number of hydrogen-bond donors (Lipinski definition) is 17. The number of aliphatic hydroxyl groups excluding tert-OH is 3. The van der Waals surface area contributed by atoms with Crippen LogP contribution in [-0.4, -0.2) is 160 Å². The van der Waals surface area contributed by atoms with Crippen LogP contribution in [0.2, 0.25) is 0 Å². The number of amides is 7. The zero-order chi connectivity index (χ0) is 46.8. The molecule has 0 bridgehead atoms. The molecular formula is C34H65N15O12. The Hall–Kier alpha value is -5.90. The molecule has 0 saturated heterocycles. The lowest BCUT2D eigenvalue weighted by molar-refractivity contribution is -0.145. The molecule has 9 atom stereocenters. The third-order valence-electron chi connectivity index (χ3n) is 8.70. The SMILES string of the molecule is C[C@@H](O)[C@H](NC(=O)[C@H](CCCCN)NC(=O)[C@H](CCCN=C(N)N)NC(=O)[C@@H](NC(=O)[C@H](CCC(N)=O)NC(=O)[C@H](CO)NC(=O)[C@@H](N)CCCN=C(N)N)[C@@H](C)O)C(=O)O. The average Bonchev–Trinajstić information content (AvgIpc) is 3.17. The number of nitrogens with two attached hydrogens (primary N) is 7. The molecule has 27 nitrogen and oxygen atoms in total. The first-order valence-corrected chi connectivity index (χ1v) is 19.4. The van der Waals surface area contributed by atoms with E-state index in [9.17, 15) is 58.8 Å². The highest BCUT2D eigenvalue weighted by Crippen LogP contribution is 2.08. The minimum absolute atomic E-state index is 0.0183. The van der Waals surface area contributed by atoms with Crippen LogP contribution < -0.4 is 72.0 Å². The molecule has 0 radical (unpaired) electrons. The minimum Gasteiger partial charge on any atom is -0.480 e. The third-order valence-corrected chi connectivity index (χ3v) is 8.70. The van der Waals surface area contributed by atoms with E-state index >= 15 is 0 Å². The van der Waals surface area contributed by atoms with Gasteiger partial charge in [0.2, 0.25) is 41.4 Å². The number of nitrogens with zero attached hydrogens (tertiary/aromatic N) is 2. The molecule has 0 saturated carbocycles. The maximum absolute atomic E-state index is 13.7. The molecule has 0 aliphatic heterocycles. The summed E-state index contributed by atoms with van der Waals surface area (Å²) in [5.41, 5.74) is 38.0. The van der Waals surface area contributed by atoms with E-state index in [1.54, 1.807) is 0 Å². The van der Waals surface area contributed by atoms with E-state index in [1.807, 2.05) is 0 Å². The molecule has 27 heteroatoms. The first-order chi connectivity index (χ1) is 28.5. The van der Waals surface area contributed by atoms with Gasteiger partial charge < -0.3 is 92.5 Å². The van der Waals surface area contributed by atoms with Crippen molar-refractivity contribution in [1.82, 2.24) is 31.9 Å². The first kappa shape index (κ1) is 55.1. The predicted molar refractivity (Wildman–Crippen MR) is 219 cm³/mol. The Kier molecular flexibility index (Phi) is 26.5. The number of unbranched alkanes of at least 4 members (excludes halogenated alkanes) is 1. The number of guanidine groups is 2. The van der Waals surface area contributed by atoms with Crippen LogP contribution in [0, 0.1) is 0 Å². The maximum atomic E-state index is 13.7. The smallest absolute Gasteiger partial charge is 0.328 e. The predicted octanol–water partition coefficient (Wildman–Crippen LogP) is -8.44. The highest BCUT2D eigenvalue weighted by molar-refractivity contribution is 5.97. The molecule has 0 aliphatic rings. The number of aliphatic hydroxyl groups is 3. The van der Waals surface area contributed by atoms with Crippen molar-refractivity contribution in [2.45, 2.75) is 126 Å². The van der Waals surface area contributed by atoms with Crippen LogP contribution in [0.3, 0.4) is 0 Å². The van der Waals surface area contributed by atoms with Crippen LogP contribution in [0.4, 0.5) is 0 Å². The molecule has 0 aliphatic carbocycles. The molecule has 24 N–H and O–H groups in total. The number of carbonyl (C=O) groups excluding carboxylic acids is 7. The lowest BCUT2D eigenvalue weighted by Gasteiger charge is -2.28. The van der Waals surface area contributed by atoms with Crippen LogP contribution in [0.1, 0.15) is 71.6 Å². The van der Waals surface area contributed by atoms with Gasteiger partial charge in [-0.25, -0.2) is 4.79 Å². The topological polar surface area (TPSA) is 497 Å². The number of carbonyl (C=O) groups is 8. The number of carboxylic acids is 1. The van der Waals surface area contributed by atoms with Gasteiger partial charge in [0.25, 0.3) is 0 Å². The second-order valence-electron chi connectivity index (χ2n) is 14.0. The molecule has 7 amide bonds. The maximum Gasteiger partial charge on any atom is 0.328 e. The largest absolute Gasteiger partial charge is 0.480 e. The summed E-state index contributed by atoms with van der Waals surface area (Å²) in [6.45, 7) is 1.68. The molecule has 348 valence electrons. The Bertz CT molecular complexity index is 1520. The number of primary amides is 1. The Morgan fingerprint density at radius 2 is 0.951 bits per heavy atom. The van der Waals surface area contributed by atoms with Crippen molar-refractivity contribution in [2.75, 3.05) is 26.2 Å². The molecule has 61 heavy (non-hydrogen) atoms. The first-order valence-electron chi connectivity index (χ1n) is 19.4. The van der Waals surface area contributed by atoms with Gasteiger partial charge in [-0.15, -0.1) is 0 Å². The summed E-state index contributed by atoms with van der Waals surface area (Å²) in [5, 5.41) is 53.6. The summed E-state index contributed by atoms with van der Waals surface area (Å²) in [4.78, 5) is 111. The van der Waals surface area contributed by atoms with E-state index in [2.05, 4.69) is 41.9 Å². The van der Waals surface area contributed by atoms with Crippen LogP contribution in [0.15, 0.2) is 9.98 Å². The number of aliphatic imine (C=N–C) groups is 2. The molecule has 0 spiro atoms. The van der Waals surface area contributed by atoms with Crippen molar-refractivity contribution < 1.29 is 58.8 Å².